The first-order valence-corrected chi connectivity index (χ1v) is 8.44. The molecule has 3 atom stereocenters. The number of rotatable bonds is 5. The molecule has 0 radical (unpaired) electrons. The molecule has 2 amide bonds. The van der Waals surface area contributed by atoms with Crippen molar-refractivity contribution in [2.24, 2.45) is 17.6 Å². The molecule has 3 unspecified atom stereocenters. The van der Waals surface area contributed by atoms with Crippen molar-refractivity contribution in [2.45, 2.75) is 57.9 Å². The Balaban J connectivity index is 0.00000242. The third kappa shape index (κ3) is 4.85. The zero-order valence-corrected chi connectivity index (χ0v) is 14.4. The number of nitrogens with two attached hydrogens (primary N) is 1. The molecule has 2 aliphatic rings. The summed E-state index contributed by atoms with van der Waals surface area (Å²) in [5, 5.41) is 3.18. The predicted molar refractivity (Wildman–Crippen MR) is 89.8 cm³/mol. The molecule has 0 aromatic carbocycles. The average molecular weight is 332 g/mol. The molecule has 5 nitrogen and oxygen atoms in total. The Labute approximate surface area is 139 Å². The molecular weight excluding hydrogens is 302 g/mol. The van der Waals surface area contributed by atoms with E-state index in [2.05, 4.69) is 5.32 Å². The van der Waals surface area contributed by atoms with Crippen molar-refractivity contribution in [2.75, 3.05) is 19.6 Å². The number of likely N-dealkylation sites (tertiary alicyclic amines) is 1. The van der Waals surface area contributed by atoms with Gasteiger partial charge in [-0.3, -0.25) is 9.59 Å². The molecule has 128 valence electrons. The third-order valence-electron chi connectivity index (χ3n) is 4.90. The maximum atomic E-state index is 12.5. The molecule has 1 aliphatic heterocycles. The van der Waals surface area contributed by atoms with E-state index in [-0.39, 0.29) is 36.2 Å². The minimum Gasteiger partial charge on any atom is -0.353 e. The van der Waals surface area contributed by atoms with Gasteiger partial charge in [-0.05, 0) is 44.6 Å². The molecule has 1 aliphatic carbocycles. The second kappa shape index (κ2) is 9.36. The first-order valence-electron chi connectivity index (χ1n) is 8.44. The van der Waals surface area contributed by atoms with Gasteiger partial charge in [0, 0.05) is 25.6 Å². The molecule has 22 heavy (non-hydrogen) atoms. The van der Waals surface area contributed by atoms with Crippen LogP contribution in [-0.4, -0.2) is 42.4 Å². The van der Waals surface area contributed by atoms with Crippen molar-refractivity contribution >= 4 is 24.2 Å². The number of hydrogen-bond acceptors (Lipinski definition) is 3. The zero-order chi connectivity index (χ0) is 15.2. The van der Waals surface area contributed by atoms with Gasteiger partial charge in [0.1, 0.15) is 0 Å². The van der Waals surface area contributed by atoms with Crippen LogP contribution in [0.1, 0.15) is 51.9 Å². The number of halogens is 1. The van der Waals surface area contributed by atoms with E-state index in [1.165, 1.54) is 0 Å². The van der Waals surface area contributed by atoms with Crippen LogP contribution in [0.25, 0.3) is 0 Å². The van der Waals surface area contributed by atoms with Crippen LogP contribution in [0.5, 0.6) is 0 Å². The highest BCUT2D eigenvalue weighted by atomic mass is 35.5. The predicted octanol–water partition coefficient (Wildman–Crippen LogP) is 1.69. The molecular formula is C16H30ClN3O2. The lowest BCUT2D eigenvalue weighted by Gasteiger charge is -2.33. The van der Waals surface area contributed by atoms with Crippen molar-refractivity contribution in [1.29, 1.82) is 0 Å². The molecule has 0 spiro atoms. The number of hydrogen-bond donors (Lipinski definition) is 2. The Morgan fingerprint density at radius 3 is 2.68 bits per heavy atom. The van der Waals surface area contributed by atoms with Crippen LogP contribution < -0.4 is 11.1 Å². The van der Waals surface area contributed by atoms with Crippen LogP contribution >= 0.6 is 12.4 Å². The summed E-state index contributed by atoms with van der Waals surface area (Å²) >= 11 is 0. The van der Waals surface area contributed by atoms with Gasteiger partial charge in [0.15, 0.2) is 0 Å². The van der Waals surface area contributed by atoms with Gasteiger partial charge < -0.3 is 16.0 Å². The van der Waals surface area contributed by atoms with Crippen molar-refractivity contribution < 1.29 is 9.59 Å². The van der Waals surface area contributed by atoms with Gasteiger partial charge in [0.2, 0.25) is 11.8 Å². The summed E-state index contributed by atoms with van der Waals surface area (Å²) in [4.78, 5) is 26.3. The minimum atomic E-state index is -0.0430. The van der Waals surface area contributed by atoms with Gasteiger partial charge in [-0.2, -0.15) is 0 Å². The van der Waals surface area contributed by atoms with Crippen LogP contribution in [0.2, 0.25) is 0 Å². The number of amides is 2. The van der Waals surface area contributed by atoms with Crippen molar-refractivity contribution in [3.63, 3.8) is 0 Å². The van der Waals surface area contributed by atoms with Gasteiger partial charge in [0.25, 0.3) is 0 Å². The molecule has 0 aromatic heterocycles. The standard InChI is InChI=1S/C16H29N3O2.ClH/c1-2-5-15(20)19-9-4-7-13(11-19)16(21)18-14-8-3-6-12(14)10-17;/h12-14H,2-11,17H2,1H3,(H,18,21);1H. The summed E-state index contributed by atoms with van der Waals surface area (Å²) in [6.07, 6.45) is 6.59. The normalized spacial score (nSPS) is 28.1. The highest BCUT2D eigenvalue weighted by Crippen LogP contribution is 2.26. The van der Waals surface area contributed by atoms with Crippen LogP contribution in [-0.2, 0) is 9.59 Å². The van der Waals surface area contributed by atoms with E-state index in [0.717, 1.165) is 45.1 Å². The Hall–Kier alpha value is -0.810. The Morgan fingerprint density at radius 2 is 2.00 bits per heavy atom. The lowest BCUT2D eigenvalue weighted by Crippen LogP contribution is -2.48. The molecule has 1 saturated carbocycles. The monoisotopic (exact) mass is 331 g/mol. The molecule has 2 rings (SSSR count). The largest absolute Gasteiger partial charge is 0.353 e. The molecule has 0 bridgehead atoms. The van der Waals surface area contributed by atoms with Crippen LogP contribution in [0.15, 0.2) is 0 Å². The number of nitrogens with one attached hydrogen (secondary N) is 1. The van der Waals surface area contributed by atoms with Crippen molar-refractivity contribution in [1.82, 2.24) is 10.2 Å². The third-order valence-corrected chi connectivity index (χ3v) is 4.90. The van der Waals surface area contributed by atoms with Crippen molar-refractivity contribution in [3.8, 4) is 0 Å². The van der Waals surface area contributed by atoms with Crippen LogP contribution in [0.4, 0.5) is 0 Å². The Morgan fingerprint density at radius 1 is 1.23 bits per heavy atom. The number of carbonyl (C=O) groups is 2. The summed E-state index contributed by atoms with van der Waals surface area (Å²) in [5.41, 5.74) is 5.77. The van der Waals surface area contributed by atoms with Gasteiger partial charge in [-0.1, -0.05) is 13.3 Å². The second-order valence-electron chi connectivity index (χ2n) is 6.47. The first kappa shape index (κ1) is 19.2. The Kier molecular flexibility index (Phi) is 8.18. The van der Waals surface area contributed by atoms with E-state index >= 15 is 0 Å². The van der Waals surface area contributed by atoms with E-state index in [9.17, 15) is 9.59 Å². The maximum Gasteiger partial charge on any atom is 0.225 e. The zero-order valence-electron chi connectivity index (χ0n) is 13.6. The van der Waals surface area contributed by atoms with Gasteiger partial charge in [-0.25, -0.2) is 0 Å². The van der Waals surface area contributed by atoms with Gasteiger partial charge >= 0.3 is 0 Å². The summed E-state index contributed by atoms with van der Waals surface area (Å²) in [6.45, 7) is 4.05. The molecule has 0 aromatic rings. The summed E-state index contributed by atoms with van der Waals surface area (Å²) in [6, 6.07) is 0.240. The van der Waals surface area contributed by atoms with Crippen LogP contribution in [0, 0.1) is 11.8 Å². The summed E-state index contributed by atoms with van der Waals surface area (Å²) in [5.74, 6) is 0.694. The van der Waals surface area contributed by atoms with E-state index in [4.69, 9.17) is 5.73 Å². The molecule has 6 heteroatoms. The first-order chi connectivity index (χ1) is 10.2. The maximum absolute atomic E-state index is 12.5. The molecule has 3 N–H and O–H groups in total. The highest BCUT2D eigenvalue weighted by molar-refractivity contribution is 5.85. The lowest BCUT2D eigenvalue weighted by atomic mass is 9.95. The average Bonchev–Trinajstić information content (AvgIpc) is 2.94. The topological polar surface area (TPSA) is 75.4 Å². The molecule has 1 saturated heterocycles. The SMILES string of the molecule is CCCC(=O)N1CCCC(C(=O)NC2CCCC2CN)C1.Cl. The van der Waals surface area contributed by atoms with E-state index in [0.29, 0.717) is 25.4 Å². The van der Waals surface area contributed by atoms with E-state index in [1.54, 1.807) is 0 Å². The number of piperidine rings is 1. The fourth-order valence-corrected chi connectivity index (χ4v) is 3.60. The van der Waals surface area contributed by atoms with Gasteiger partial charge in [0.05, 0.1) is 5.92 Å². The smallest absolute Gasteiger partial charge is 0.225 e. The minimum absolute atomic E-state index is 0. The van der Waals surface area contributed by atoms with Gasteiger partial charge in [-0.15, -0.1) is 12.4 Å². The summed E-state index contributed by atoms with van der Waals surface area (Å²) < 4.78 is 0. The van der Waals surface area contributed by atoms with E-state index in [1.807, 2.05) is 11.8 Å². The second-order valence-corrected chi connectivity index (χ2v) is 6.47. The van der Waals surface area contributed by atoms with E-state index < -0.39 is 0 Å². The quantitative estimate of drug-likeness (QED) is 0.805. The lowest BCUT2D eigenvalue weighted by molar-refractivity contribution is -0.136. The fraction of sp³-hybridized carbons (Fsp3) is 0.875. The molecule has 2 fully saturated rings. The van der Waals surface area contributed by atoms with Crippen LogP contribution in [0.3, 0.4) is 0 Å². The Bertz CT molecular complexity index is 378. The van der Waals surface area contributed by atoms with Crippen molar-refractivity contribution in [3.05, 3.63) is 0 Å². The highest BCUT2D eigenvalue weighted by Gasteiger charge is 2.32. The number of nitrogens with zero attached hydrogens (tertiary/aromatic N) is 1. The fourth-order valence-electron chi connectivity index (χ4n) is 3.60. The number of carbonyl (C=O) groups excluding carboxylic acids is 2. The molecule has 1 heterocycles. The summed E-state index contributed by atoms with van der Waals surface area (Å²) in [7, 11) is 0.